The first-order chi connectivity index (χ1) is 15.5. The maximum Gasteiger partial charge on any atom is 0.266 e. The second kappa shape index (κ2) is 11.4. The fourth-order valence-corrected chi connectivity index (χ4v) is 3.45. The molecule has 3 aromatic rings. The van der Waals surface area contributed by atoms with Gasteiger partial charge < -0.3 is 14.8 Å². The van der Waals surface area contributed by atoms with Crippen molar-refractivity contribution in [3.63, 3.8) is 0 Å². The molecule has 32 heavy (non-hydrogen) atoms. The summed E-state index contributed by atoms with van der Waals surface area (Å²) in [5.74, 6) is 0.706. The molecule has 0 aliphatic heterocycles. The van der Waals surface area contributed by atoms with Crippen LogP contribution >= 0.6 is 27.5 Å². The minimum Gasteiger partial charge on any atom is -0.494 e. The Bertz CT molecular complexity index is 1170. The molecule has 0 spiro atoms. The quantitative estimate of drug-likeness (QED) is 0.272. The molecular formula is C25H20BrClN2O3. The number of hydrogen-bond acceptors (Lipinski definition) is 4. The Morgan fingerprint density at radius 1 is 1.12 bits per heavy atom. The Hall–Kier alpha value is -3.27. The molecule has 1 N–H and O–H groups in total. The van der Waals surface area contributed by atoms with Crippen LogP contribution in [0.2, 0.25) is 5.02 Å². The smallest absolute Gasteiger partial charge is 0.266 e. The second-order valence-electron chi connectivity index (χ2n) is 6.65. The van der Waals surface area contributed by atoms with Crippen molar-refractivity contribution in [1.82, 2.24) is 0 Å². The first-order valence-electron chi connectivity index (χ1n) is 9.82. The van der Waals surface area contributed by atoms with Crippen LogP contribution in [0, 0.1) is 11.3 Å². The number of ether oxygens (including phenoxy) is 2. The van der Waals surface area contributed by atoms with Gasteiger partial charge in [-0.3, -0.25) is 4.79 Å². The lowest BCUT2D eigenvalue weighted by atomic mass is 10.1. The van der Waals surface area contributed by atoms with Gasteiger partial charge in [0.05, 0.1) is 11.6 Å². The molecule has 0 saturated heterocycles. The van der Waals surface area contributed by atoms with E-state index in [1.165, 1.54) is 6.08 Å². The Labute approximate surface area is 200 Å². The number of anilines is 1. The number of halogens is 2. The van der Waals surface area contributed by atoms with Crippen LogP contribution < -0.4 is 14.8 Å². The molecule has 0 aromatic heterocycles. The molecule has 0 aliphatic carbocycles. The molecule has 7 heteroatoms. The first kappa shape index (κ1) is 23.4. The normalized spacial score (nSPS) is 10.9. The molecule has 3 rings (SSSR count). The number of amides is 1. The van der Waals surface area contributed by atoms with E-state index < -0.39 is 5.91 Å². The van der Waals surface area contributed by atoms with Gasteiger partial charge in [0, 0.05) is 15.7 Å². The highest BCUT2D eigenvalue weighted by Crippen LogP contribution is 2.28. The minimum absolute atomic E-state index is 0.0446. The minimum atomic E-state index is -0.512. The van der Waals surface area contributed by atoms with Crippen molar-refractivity contribution < 1.29 is 14.3 Å². The van der Waals surface area contributed by atoms with Gasteiger partial charge in [-0.25, -0.2) is 0 Å². The van der Waals surface area contributed by atoms with Crippen LogP contribution in [0.1, 0.15) is 18.1 Å². The van der Waals surface area contributed by atoms with Crippen LogP contribution in [0.4, 0.5) is 5.69 Å². The Kier molecular flexibility index (Phi) is 8.32. The maximum absolute atomic E-state index is 12.5. The van der Waals surface area contributed by atoms with Gasteiger partial charge in [0.1, 0.15) is 29.7 Å². The van der Waals surface area contributed by atoms with Crippen LogP contribution in [0.15, 0.2) is 76.8 Å². The summed E-state index contributed by atoms with van der Waals surface area (Å²) in [6.45, 7) is 2.81. The van der Waals surface area contributed by atoms with Crippen LogP contribution in [0.25, 0.3) is 6.08 Å². The SMILES string of the molecule is CCOc1ccc(NC(=O)/C(C#N)=C/c2ccc(OCc3ccccc3Br)c(Cl)c2)cc1. The molecular weight excluding hydrogens is 492 g/mol. The molecule has 0 saturated carbocycles. The summed E-state index contributed by atoms with van der Waals surface area (Å²) in [5.41, 5.74) is 2.12. The third-order valence-corrected chi connectivity index (χ3v) is 5.47. The summed E-state index contributed by atoms with van der Waals surface area (Å²) < 4.78 is 12.1. The number of rotatable bonds is 8. The van der Waals surface area contributed by atoms with Gasteiger partial charge in [-0.2, -0.15) is 5.26 Å². The Morgan fingerprint density at radius 2 is 1.88 bits per heavy atom. The van der Waals surface area contributed by atoms with E-state index in [4.69, 9.17) is 21.1 Å². The Morgan fingerprint density at radius 3 is 2.53 bits per heavy atom. The van der Waals surface area contributed by atoms with E-state index in [0.29, 0.717) is 41.0 Å². The summed E-state index contributed by atoms with van der Waals surface area (Å²) in [6.07, 6.45) is 1.48. The van der Waals surface area contributed by atoms with Gasteiger partial charge >= 0.3 is 0 Å². The average Bonchev–Trinajstić information content (AvgIpc) is 2.79. The molecule has 0 heterocycles. The molecule has 0 atom stereocenters. The van der Waals surface area contributed by atoms with Crippen molar-refractivity contribution in [2.24, 2.45) is 0 Å². The third kappa shape index (κ3) is 6.36. The van der Waals surface area contributed by atoms with E-state index in [1.54, 1.807) is 42.5 Å². The zero-order chi connectivity index (χ0) is 22.9. The fraction of sp³-hybridized carbons (Fsp3) is 0.120. The van der Waals surface area contributed by atoms with Crippen LogP contribution in [0.5, 0.6) is 11.5 Å². The van der Waals surface area contributed by atoms with Crippen molar-refractivity contribution in [2.75, 3.05) is 11.9 Å². The molecule has 0 radical (unpaired) electrons. The van der Waals surface area contributed by atoms with Gasteiger partial charge in [-0.1, -0.05) is 51.8 Å². The lowest BCUT2D eigenvalue weighted by molar-refractivity contribution is -0.112. The van der Waals surface area contributed by atoms with Crippen molar-refractivity contribution in [3.05, 3.63) is 92.9 Å². The van der Waals surface area contributed by atoms with E-state index >= 15 is 0 Å². The molecule has 0 unspecified atom stereocenters. The van der Waals surface area contributed by atoms with Crippen molar-refractivity contribution >= 4 is 45.2 Å². The third-order valence-electron chi connectivity index (χ3n) is 4.40. The molecule has 162 valence electrons. The van der Waals surface area contributed by atoms with Gasteiger partial charge in [-0.05, 0) is 61.0 Å². The number of hydrogen-bond donors (Lipinski definition) is 1. The van der Waals surface area contributed by atoms with Crippen molar-refractivity contribution in [2.45, 2.75) is 13.5 Å². The lowest BCUT2D eigenvalue weighted by Crippen LogP contribution is -2.13. The van der Waals surface area contributed by atoms with Gasteiger partial charge in [-0.15, -0.1) is 0 Å². The predicted octanol–water partition coefficient (Wildman–Crippen LogP) is 6.63. The number of nitrogens with one attached hydrogen (secondary N) is 1. The largest absolute Gasteiger partial charge is 0.494 e. The first-order valence-corrected chi connectivity index (χ1v) is 11.0. The van der Waals surface area contributed by atoms with Crippen LogP contribution in [-0.4, -0.2) is 12.5 Å². The van der Waals surface area contributed by atoms with E-state index in [-0.39, 0.29) is 5.57 Å². The average molecular weight is 512 g/mol. The van der Waals surface area contributed by atoms with Crippen molar-refractivity contribution in [3.8, 4) is 17.6 Å². The highest BCUT2D eigenvalue weighted by Gasteiger charge is 2.11. The van der Waals surface area contributed by atoms with Gasteiger partial charge in [0.15, 0.2) is 0 Å². The van der Waals surface area contributed by atoms with E-state index in [9.17, 15) is 10.1 Å². The summed E-state index contributed by atoms with van der Waals surface area (Å²) in [4.78, 5) is 12.5. The second-order valence-corrected chi connectivity index (χ2v) is 7.91. The highest BCUT2D eigenvalue weighted by atomic mass is 79.9. The standard InChI is InChI=1S/C25H20BrClN2O3/c1-2-31-21-10-8-20(9-11-21)29-25(30)19(15-28)13-17-7-12-24(23(27)14-17)32-16-18-5-3-4-6-22(18)26/h3-14H,2,16H2,1H3,(H,29,30)/b19-13+. The predicted molar refractivity (Wildman–Crippen MR) is 130 cm³/mol. The van der Waals surface area contributed by atoms with E-state index in [0.717, 1.165) is 10.0 Å². The maximum atomic E-state index is 12.5. The Balaban J connectivity index is 1.68. The van der Waals surface area contributed by atoms with Crippen LogP contribution in [0.3, 0.4) is 0 Å². The topological polar surface area (TPSA) is 71.3 Å². The molecule has 3 aromatic carbocycles. The molecule has 0 bridgehead atoms. The fourth-order valence-electron chi connectivity index (χ4n) is 2.81. The number of benzene rings is 3. The van der Waals surface area contributed by atoms with E-state index in [1.807, 2.05) is 37.3 Å². The summed E-state index contributed by atoms with van der Waals surface area (Å²) >= 11 is 9.84. The number of nitrogens with zero attached hydrogens (tertiary/aromatic N) is 1. The molecule has 5 nitrogen and oxygen atoms in total. The zero-order valence-electron chi connectivity index (χ0n) is 17.3. The molecule has 0 fully saturated rings. The van der Waals surface area contributed by atoms with Crippen LogP contribution in [-0.2, 0) is 11.4 Å². The summed E-state index contributed by atoms with van der Waals surface area (Å²) in [5, 5.41) is 12.5. The van der Waals surface area contributed by atoms with Gasteiger partial charge in [0.25, 0.3) is 5.91 Å². The van der Waals surface area contributed by atoms with Gasteiger partial charge in [0.2, 0.25) is 0 Å². The number of carbonyl (C=O) groups is 1. The van der Waals surface area contributed by atoms with Crippen molar-refractivity contribution in [1.29, 1.82) is 5.26 Å². The van der Waals surface area contributed by atoms with E-state index in [2.05, 4.69) is 21.2 Å². The summed E-state index contributed by atoms with van der Waals surface area (Å²) in [7, 11) is 0. The monoisotopic (exact) mass is 510 g/mol. The molecule has 0 aliphatic rings. The number of nitriles is 1. The highest BCUT2D eigenvalue weighted by molar-refractivity contribution is 9.10. The molecule has 1 amide bonds. The summed E-state index contributed by atoms with van der Waals surface area (Å²) in [6, 6.07) is 21.7. The lowest BCUT2D eigenvalue weighted by Gasteiger charge is -2.10. The zero-order valence-corrected chi connectivity index (χ0v) is 19.6. The number of carbonyl (C=O) groups excluding carboxylic acids is 1.